The molecule has 0 aliphatic carbocycles. The Morgan fingerprint density at radius 3 is 3.06 bits per heavy atom. The Balaban J connectivity index is 2.07. The lowest BCUT2D eigenvalue weighted by molar-refractivity contribution is 0.147. The molecule has 0 bridgehead atoms. The van der Waals surface area contributed by atoms with Gasteiger partial charge in [-0.3, -0.25) is 0 Å². The number of carbonyl (C=O) groups is 1. The van der Waals surface area contributed by atoms with Crippen LogP contribution in [0.2, 0.25) is 0 Å². The Hall–Kier alpha value is -1.84. The van der Waals surface area contributed by atoms with Crippen LogP contribution in [0.3, 0.4) is 0 Å². The minimum Gasteiger partial charge on any atom is -0.465 e. The second-order valence-electron chi connectivity index (χ2n) is 4.10. The molecule has 1 aromatic carbocycles. The smallest absolute Gasteiger partial charge is 0.407 e. The van der Waals surface area contributed by atoms with Gasteiger partial charge in [0, 0.05) is 6.54 Å². The van der Waals surface area contributed by atoms with Crippen molar-refractivity contribution >= 4 is 12.2 Å². The Morgan fingerprint density at radius 1 is 1.53 bits per heavy atom. The van der Waals surface area contributed by atoms with Crippen LogP contribution in [0.4, 0.5) is 9.18 Å². The van der Waals surface area contributed by atoms with Gasteiger partial charge in [0.2, 0.25) is 0 Å². The topological polar surface area (TPSA) is 40.5 Å². The Labute approximate surface area is 99.2 Å². The maximum Gasteiger partial charge on any atom is 0.407 e. The van der Waals surface area contributed by atoms with Crippen LogP contribution in [0.1, 0.15) is 18.4 Å². The molecule has 0 unspecified atom stereocenters. The molecule has 4 heteroatoms. The largest absolute Gasteiger partial charge is 0.465 e. The molecule has 17 heavy (non-hydrogen) atoms. The lowest BCUT2D eigenvalue weighted by atomic mass is 10.1. The van der Waals surface area contributed by atoms with Gasteiger partial charge in [0.25, 0.3) is 0 Å². The standard InChI is InChI=1S/C13H14FNO2/c14-11-4-1-3-10(9-11)6-7-12-5-2-8-15(12)13(16)17/h1,3-4,6-7,9,12H,2,5,8H2,(H,16,17)/t12-/m0/s1. The highest BCUT2D eigenvalue weighted by Gasteiger charge is 2.25. The first kappa shape index (κ1) is 11.6. The third-order valence-electron chi connectivity index (χ3n) is 2.90. The fourth-order valence-corrected chi connectivity index (χ4v) is 2.06. The van der Waals surface area contributed by atoms with Crippen LogP contribution in [0.25, 0.3) is 6.08 Å². The monoisotopic (exact) mass is 235 g/mol. The van der Waals surface area contributed by atoms with Gasteiger partial charge in [0.15, 0.2) is 0 Å². The SMILES string of the molecule is O=C(O)N1CCC[C@H]1C=Cc1cccc(F)c1. The zero-order valence-corrected chi connectivity index (χ0v) is 9.34. The molecule has 1 aliphatic rings. The van der Waals surface area contributed by atoms with Gasteiger partial charge >= 0.3 is 6.09 Å². The Kier molecular flexibility index (Phi) is 3.42. The van der Waals surface area contributed by atoms with E-state index in [0.717, 1.165) is 18.4 Å². The molecule has 1 amide bonds. The van der Waals surface area contributed by atoms with Crippen molar-refractivity contribution in [3.05, 3.63) is 41.7 Å². The second-order valence-corrected chi connectivity index (χ2v) is 4.10. The van der Waals surface area contributed by atoms with E-state index in [1.54, 1.807) is 18.2 Å². The van der Waals surface area contributed by atoms with Crippen molar-refractivity contribution in [2.75, 3.05) is 6.54 Å². The molecule has 0 saturated carbocycles. The summed E-state index contributed by atoms with van der Waals surface area (Å²) >= 11 is 0. The summed E-state index contributed by atoms with van der Waals surface area (Å²) in [4.78, 5) is 12.3. The van der Waals surface area contributed by atoms with Crippen LogP contribution < -0.4 is 0 Å². The van der Waals surface area contributed by atoms with Crippen LogP contribution in [-0.2, 0) is 0 Å². The number of halogens is 1. The Bertz CT molecular complexity index is 445. The van der Waals surface area contributed by atoms with Gasteiger partial charge in [0.05, 0.1) is 6.04 Å². The number of benzene rings is 1. The highest BCUT2D eigenvalue weighted by Crippen LogP contribution is 2.19. The number of carboxylic acid groups (broad SMARTS) is 1. The second kappa shape index (κ2) is 4.99. The van der Waals surface area contributed by atoms with E-state index < -0.39 is 6.09 Å². The number of hydrogen-bond donors (Lipinski definition) is 1. The first-order valence-electron chi connectivity index (χ1n) is 5.60. The van der Waals surface area contributed by atoms with Crippen LogP contribution >= 0.6 is 0 Å². The summed E-state index contributed by atoms with van der Waals surface area (Å²) in [6.45, 7) is 0.577. The molecule has 3 nitrogen and oxygen atoms in total. The van der Waals surface area contributed by atoms with Crippen LogP contribution in [0.5, 0.6) is 0 Å². The van der Waals surface area contributed by atoms with E-state index in [9.17, 15) is 9.18 Å². The number of rotatable bonds is 2. The molecule has 0 aromatic heterocycles. The van der Waals surface area contributed by atoms with E-state index in [1.165, 1.54) is 17.0 Å². The summed E-state index contributed by atoms with van der Waals surface area (Å²) < 4.78 is 12.9. The van der Waals surface area contributed by atoms with E-state index in [1.807, 2.05) is 6.08 Å². The van der Waals surface area contributed by atoms with Gasteiger partial charge in [0.1, 0.15) is 5.82 Å². The van der Waals surface area contributed by atoms with Crippen LogP contribution in [-0.4, -0.2) is 28.7 Å². The molecule has 0 spiro atoms. The summed E-state index contributed by atoms with van der Waals surface area (Å²) in [5.41, 5.74) is 0.752. The van der Waals surface area contributed by atoms with E-state index in [2.05, 4.69) is 0 Å². The van der Waals surface area contributed by atoms with Gasteiger partial charge in [-0.25, -0.2) is 9.18 Å². The number of nitrogens with zero attached hydrogens (tertiary/aromatic N) is 1. The maximum atomic E-state index is 12.9. The highest BCUT2D eigenvalue weighted by molar-refractivity contribution is 5.66. The lowest BCUT2D eigenvalue weighted by Gasteiger charge is -2.17. The fourth-order valence-electron chi connectivity index (χ4n) is 2.06. The molecule has 2 rings (SSSR count). The maximum absolute atomic E-state index is 12.9. The van der Waals surface area contributed by atoms with Crippen molar-refractivity contribution in [3.63, 3.8) is 0 Å². The van der Waals surface area contributed by atoms with E-state index >= 15 is 0 Å². The van der Waals surface area contributed by atoms with Crippen molar-refractivity contribution in [3.8, 4) is 0 Å². The molecular weight excluding hydrogens is 221 g/mol. The van der Waals surface area contributed by atoms with Crippen molar-refractivity contribution in [2.24, 2.45) is 0 Å². The Morgan fingerprint density at radius 2 is 2.35 bits per heavy atom. The van der Waals surface area contributed by atoms with Crippen molar-refractivity contribution < 1.29 is 14.3 Å². The van der Waals surface area contributed by atoms with Gasteiger partial charge in [-0.15, -0.1) is 0 Å². The fraction of sp³-hybridized carbons (Fsp3) is 0.308. The highest BCUT2D eigenvalue weighted by atomic mass is 19.1. The molecule has 1 atom stereocenters. The third kappa shape index (κ3) is 2.84. The molecule has 1 aliphatic heterocycles. The predicted octanol–water partition coefficient (Wildman–Crippen LogP) is 2.98. The normalized spacial score (nSPS) is 20.1. The van der Waals surface area contributed by atoms with Gasteiger partial charge in [-0.1, -0.05) is 24.3 Å². The lowest BCUT2D eigenvalue weighted by Crippen LogP contribution is -2.32. The molecule has 1 aromatic rings. The summed E-state index contributed by atoms with van der Waals surface area (Å²) in [6, 6.07) is 6.15. The van der Waals surface area contributed by atoms with Crippen LogP contribution in [0.15, 0.2) is 30.3 Å². The van der Waals surface area contributed by atoms with Crippen molar-refractivity contribution in [2.45, 2.75) is 18.9 Å². The number of hydrogen-bond acceptors (Lipinski definition) is 1. The summed E-state index contributed by atoms with van der Waals surface area (Å²) in [5, 5.41) is 8.96. The molecular formula is C13H14FNO2. The average molecular weight is 235 g/mol. The first-order chi connectivity index (χ1) is 8.16. The van der Waals surface area contributed by atoms with Crippen molar-refractivity contribution in [1.82, 2.24) is 4.90 Å². The summed E-state index contributed by atoms with van der Waals surface area (Å²) in [7, 11) is 0. The van der Waals surface area contributed by atoms with E-state index in [4.69, 9.17) is 5.11 Å². The number of likely N-dealkylation sites (tertiary alicyclic amines) is 1. The van der Waals surface area contributed by atoms with Gasteiger partial charge in [-0.2, -0.15) is 0 Å². The minimum atomic E-state index is -0.892. The molecule has 90 valence electrons. The summed E-state index contributed by atoms with van der Waals surface area (Å²) in [6.07, 6.45) is 4.42. The molecule has 1 N–H and O–H groups in total. The van der Waals surface area contributed by atoms with Gasteiger partial charge in [-0.05, 0) is 30.5 Å². The number of amides is 1. The molecule has 1 heterocycles. The van der Waals surface area contributed by atoms with Gasteiger partial charge < -0.3 is 10.0 Å². The van der Waals surface area contributed by atoms with Crippen LogP contribution in [0, 0.1) is 5.82 Å². The van der Waals surface area contributed by atoms with E-state index in [-0.39, 0.29) is 11.9 Å². The third-order valence-corrected chi connectivity index (χ3v) is 2.90. The summed E-state index contributed by atoms with van der Waals surface area (Å²) in [5.74, 6) is -0.284. The average Bonchev–Trinajstić information content (AvgIpc) is 2.74. The zero-order valence-electron chi connectivity index (χ0n) is 9.34. The minimum absolute atomic E-state index is 0.0873. The molecule has 0 radical (unpaired) electrons. The molecule has 1 fully saturated rings. The molecule has 1 saturated heterocycles. The van der Waals surface area contributed by atoms with E-state index in [0.29, 0.717) is 6.54 Å². The predicted molar refractivity (Wildman–Crippen MR) is 63.2 cm³/mol. The quantitative estimate of drug-likeness (QED) is 0.856. The zero-order chi connectivity index (χ0) is 12.3. The van der Waals surface area contributed by atoms with Crippen molar-refractivity contribution in [1.29, 1.82) is 0 Å². The first-order valence-corrected chi connectivity index (χ1v) is 5.60.